The zero-order valence-electron chi connectivity index (χ0n) is 20.2. The van der Waals surface area contributed by atoms with E-state index in [1.54, 1.807) is 4.40 Å². The van der Waals surface area contributed by atoms with Crippen LogP contribution in [-0.2, 0) is 7.05 Å². The van der Waals surface area contributed by atoms with E-state index in [1.807, 2.05) is 0 Å². The summed E-state index contributed by atoms with van der Waals surface area (Å²) in [6.45, 7) is 6.84. The van der Waals surface area contributed by atoms with Crippen molar-refractivity contribution in [3.8, 4) is 0 Å². The van der Waals surface area contributed by atoms with Gasteiger partial charge in [-0.3, -0.25) is 0 Å². The molecule has 2 nitrogen and oxygen atoms in total. The van der Waals surface area contributed by atoms with Gasteiger partial charge in [0.15, 0.2) is 0 Å². The molecule has 3 aromatic heterocycles. The molecule has 0 saturated heterocycles. The first kappa shape index (κ1) is 20.1. The summed E-state index contributed by atoms with van der Waals surface area (Å²) in [7, 11) is 2.20. The summed E-state index contributed by atoms with van der Waals surface area (Å²) in [5.74, 6) is 8.01. The van der Waals surface area contributed by atoms with E-state index in [0.717, 1.165) is 0 Å². The first-order valence-electron chi connectivity index (χ1n) is 11.7. The molecule has 0 spiro atoms. The average molecular weight is 480 g/mol. The molecular formula is C29H31GeN2+. The third kappa shape index (κ3) is 2.56. The van der Waals surface area contributed by atoms with Crippen molar-refractivity contribution in [2.45, 2.75) is 44.0 Å². The molecule has 0 aliphatic rings. The Balaban J connectivity index is 2.02. The maximum absolute atomic E-state index is 2.59. The van der Waals surface area contributed by atoms with Gasteiger partial charge < -0.3 is 0 Å². The molecule has 0 radical (unpaired) electrons. The van der Waals surface area contributed by atoms with Crippen LogP contribution in [-0.4, -0.2) is 17.7 Å². The molecule has 3 heterocycles. The summed E-state index contributed by atoms with van der Waals surface area (Å²) in [6, 6.07) is 19.1. The molecule has 6 rings (SSSR count). The topological polar surface area (TPSA) is 8.29 Å². The van der Waals surface area contributed by atoms with Gasteiger partial charge in [0.2, 0.25) is 0 Å². The Morgan fingerprint density at radius 2 is 1.59 bits per heavy atom. The minimum absolute atomic E-state index is 0.510. The number of aryl methyl sites for hydroxylation is 2. The maximum atomic E-state index is 2.59. The van der Waals surface area contributed by atoms with Crippen molar-refractivity contribution in [3.63, 3.8) is 0 Å². The Labute approximate surface area is 192 Å². The number of hydrogen-bond donors (Lipinski definition) is 0. The van der Waals surface area contributed by atoms with Gasteiger partial charge in [0.1, 0.15) is 0 Å². The number of rotatable bonds is 2. The van der Waals surface area contributed by atoms with Crippen LogP contribution in [0.25, 0.3) is 49.0 Å². The Kier molecular flexibility index (Phi) is 4.06. The molecule has 32 heavy (non-hydrogen) atoms. The second-order valence-electron chi connectivity index (χ2n) is 10.9. The van der Waals surface area contributed by atoms with E-state index in [2.05, 4.69) is 109 Å². The Morgan fingerprint density at radius 3 is 2.31 bits per heavy atom. The molecule has 160 valence electrons. The second-order valence-corrected chi connectivity index (χ2v) is 21.6. The fraction of sp³-hybridized carbons (Fsp3) is 0.276. The van der Waals surface area contributed by atoms with Gasteiger partial charge in [-0.1, -0.05) is 0 Å². The third-order valence-electron chi connectivity index (χ3n) is 7.39. The molecule has 0 aliphatic carbocycles. The summed E-state index contributed by atoms with van der Waals surface area (Å²) in [5, 5.41) is 6.87. The molecule has 0 atom stereocenters. The van der Waals surface area contributed by atoms with Crippen molar-refractivity contribution in [3.05, 3.63) is 65.9 Å². The zero-order valence-corrected chi connectivity index (χ0v) is 22.3. The van der Waals surface area contributed by atoms with Crippen molar-refractivity contribution in [2.75, 3.05) is 0 Å². The van der Waals surface area contributed by atoms with E-state index in [1.165, 1.54) is 60.1 Å². The molecule has 0 amide bonds. The van der Waals surface area contributed by atoms with Gasteiger partial charge in [-0.05, 0) is 0 Å². The third-order valence-corrected chi connectivity index (χ3v) is 11.6. The Bertz CT molecular complexity index is 1700. The van der Waals surface area contributed by atoms with Gasteiger partial charge >= 0.3 is 192 Å². The zero-order chi connectivity index (χ0) is 22.5. The van der Waals surface area contributed by atoms with Gasteiger partial charge in [0, 0.05) is 0 Å². The second kappa shape index (κ2) is 6.48. The van der Waals surface area contributed by atoms with Crippen LogP contribution in [0.4, 0.5) is 0 Å². The molecule has 0 N–H and O–H groups in total. The molecule has 0 aliphatic heterocycles. The number of nitrogens with zero attached hydrogens (tertiary/aromatic N) is 2. The van der Waals surface area contributed by atoms with Gasteiger partial charge in [-0.2, -0.15) is 0 Å². The van der Waals surface area contributed by atoms with Crippen molar-refractivity contribution in [1.82, 2.24) is 4.40 Å². The number of fused-ring (bicyclic) bond motifs is 5. The van der Waals surface area contributed by atoms with Crippen LogP contribution in [0.15, 0.2) is 54.7 Å². The summed E-state index contributed by atoms with van der Waals surface area (Å²) < 4.78 is 6.48. The summed E-state index contributed by atoms with van der Waals surface area (Å²) >= 11 is -2.04. The first-order chi connectivity index (χ1) is 15.2. The fourth-order valence-electron chi connectivity index (χ4n) is 5.52. The fourth-order valence-corrected chi connectivity index (χ4v) is 7.95. The van der Waals surface area contributed by atoms with Crippen molar-refractivity contribution in [1.29, 1.82) is 0 Å². The van der Waals surface area contributed by atoms with Crippen LogP contribution < -0.4 is 8.96 Å². The normalized spacial score (nSPS) is 13.1. The summed E-state index contributed by atoms with van der Waals surface area (Å²) in [5.41, 5.74) is 8.18. The summed E-state index contributed by atoms with van der Waals surface area (Å²) in [4.78, 5) is 0. The predicted molar refractivity (Wildman–Crippen MR) is 142 cm³/mol. The Hall–Kier alpha value is -2.59. The van der Waals surface area contributed by atoms with E-state index in [9.17, 15) is 0 Å². The molecule has 6 aromatic rings. The van der Waals surface area contributed by atoms with Crippen LogP contribution in [0, 0.1) is 6.92 Å². The van der Waals surface area contributed by atoms with Crippen LogP contribution in [0.1, 0.15) is 30.9 Å². The summed E-state index contributed by atoms with van der Waals surface area (Å²) in [6.07, 6.45) is 2.24. The molecule has 3 heteroatoms. The molecule has 0 bridgehead atoms. The van der Waals surface area contributed by atoms with E-state index < -0.39 is 13.3 Å². The number of pyridine rings is 2. The standard InChI is InChI=1S/C29H31GeN2/c1-17(2)19-9-11-22-23-10-8-18(3)26-28(23)32(24(22)15-19)25-16-21(30(4,5)6)14-20-12-13-31(7)29(26)27(20)25/h8-17H,1-7H3/q+1. The van der Waals surface area contributed by atoms with Crippen molar-refractivity contribution >= 4 is 66.7 Å². The Morgan fingerprint density at radius 1 is 0.844 bits per heavy atom. The van der Waals surface area contributed by atoms with Gasteiger partial charge in [0.05, 0.1) is 0 Å². The number of benzene rings is 3. The quantitative estimate of drug-likeness (QED) is 0.112. The number of hydrogen-bond acceptors (Lipinski definition) is 0. The van der Waals surface area contributed by atoms with Crippen molar-refractivity contribution < 1.29 is 4.57 Å². The van der Waals surface area contributed by atoms with Crippen LogP contribution in [0.3, 0.4) is 0 Å². The van der Waals surface area contributed by atoms with E-state index >= 15 is 0 Å². The van der Waals surface area contributed by atoms with Gasteiger partial charge in [-0.25, -0.2) is 0 Å². The number of aromatic nitrogens is 2. The molecule has 3 aromatic carbocycles. The van der Waals surface area contributed by atoms with Gasteiger partial charge in [-0.15, -0.1) is 0 Å². The molecule has 0 unspecified atom stereocenters. The van der Waals surface area contributed by atoms with Crippen LogP contribution in [0.2, 0.25) is 17.3 Å². The SMILES string of the molecule is Cc1ccc2c3ccc(C(C)C)cc3n3c4c[c]([Ge]([CH3])([CH3])[CH3])cc5cc[n+](C)c(c1c23)c54. The molecule has 0 saturated carbocycles. The average Bonchev–Trinajstić information content (AvgIpc) is 3.07. The van der Waals surface area contributed by atoms with Crippen LogP contribution >= 0.6 is 0 Å². The predicted octanol–water partition coefficient (Wildman–Crippen LogP) is 6.79. The van der Waals surface area contributed by atoms with Gasteiger partial charge in [0.25, 0.3) is 0 Å². The van der Waals surface area contributed by atoms with Crippen molar-refractivity contribution in [2.24, 2.45) is 7.05 Å². The molecule has 0 fully saturated rings. The first-order valence-corrected chi connectivity index (χ1v) is 19.1. The van der Waals surface area contributed by atoms with E-state index in [0.29, 0.717) is 5.92 Å². The van der Waals surface area contributed by atoms with Crippen LogP contribution in [0.5, 0.6) is 0 Å². The van der Waals surface area contributed by atoms with E-state index in [-0.39, 0.29) is 0 Å². The van der Waals surface area contributed by atoms with E-state index in [4.69, 9.17) is 0 Å². The minimum atomic E-state index is -2.04. The molecular weight excluding hydrogens is 449 g/mol. The monoisotopic (exact) mass is 481 g/mol.